The lowest BCUT2D eigenvalue weighted by molar-refractivity contribution is 0.0600. The van der Waals surface area contributed by atoms with Crippen molar-refractivity contribution in [3.63, 3.8) is 0 Å². The van der Waals surface area contributed by atoms with Crippen LogP contribution in [0.25, 0.3) is 0 Å². The molecule has 0 saturated carbocycles. The lowest BCUT2D eigenvalue weighted by Gasteiger charge is -2.02. The number of methoxy groups -OCH3 is 1. The summed E-state index contributed by atoms with van der Waals surface area (Å²) in [4.78, 5) is 11.1. The van der Waals surface area contributed by atoms with E-state index in [4.69, 9.17) is 23.2 Å². The Bertz CT molecular complexity index is 323. The smallest absolute Gasteiger partial charge is 0.337 e. The molecule has 0 amide bonds. The Kier molecular flexibility index (Phi) is 3.58. The van der Waals surface area contributed by atoms with Gasteiger partial charge in [-0.2, -0.15) is 0 Å². The van der Waals surface area contributed by atoms with E-state index in [0.717, 1.165) is 5.56 Å². The van der Waals surface area contributed by atoms with E-state index in [1.165, 1.54) is 7.11 Å². The van der Waals surface area contributed by atoms with E-state index in [-0.39, 0.29) is 0 Å². The highest BCUT2D eigenvalue weighted by molar-refractivity contribution is 6.31. The number of benzene rings is 1. The Hall–Kier alpha value is -0.730. The van der Waals surface area contributed by atoms with E-state index < -0.39 is 5.97 Å². The molecule has 0 spiro atoms. The molecule has 0 heterocycles. The van der Waals surface area contributed by atoms with Gasteiger partial charge in [0.15, 0.2) is 0 Å². The van der Waals surface area contributed by atoms with E-state index in [1.807, 2.05) is 0 Å². The maximum absolute atomic E-state index is 11.1. The van der Waals surface area contributed by atoms with Crippen molar-refractivity contribution in [2.75, 3.05) is 7.11 Å². The Morgan fingerprint density at radius 2 is 2.15 bits per heavy atom. The minimum absolute atomic E-state index is 0.324. The number of carbonyl (C=O) groups is 1. The molecule has 0 N–H and O–H groups in total. The van der Waals surface area contributed by atoms with Crippen LogP contribution in [-0.2, 0) is 10.6 Å². The summed E-state index contributed by atoms with van der Waals surface area (Å²) in [6, 6.07) is 4.91. The highest BCUT2D eigenvalue weighted by Crippen LogP contribution is 2.17. The van der Waals surface area contributed by atoms with Gasteiger partial charge in [-0.05, 0) is 23.8 Å². The van der Waals surface area contributed by atoms with Crippen molar-refractivity contribution in [3.8, 4) is 0 Å². The van der Waals surface area contributed by atoms with Gasteiger partial charge in [0.2, 0.25) is 0 Å². The third-order valence-electron chi connectivity index (χ3n) is 1.53. The number of halogens is 2. The molecule has 0 saturated heterocycles. The molecule has 1 rings (SSSR count). The first-order chi connectivity index (χ1) is 6.17. The van der Waals surface area contributed by atoms with Gasteiger partial charge in [-0.3, -0.25) is 0 Å². The van der Waals surface area contributed by atoms with Gasteiger partial charge >= 0.3 is 5.97 Å². The predicted molar refractivity (Wildman–Crippen MR) is 52.3 cm³/mol. The Morgan fingerprint density at radius 3 is 2.69 bits per heavy atom. The van der Waals surface area contributed by atoms with Crippen LogP contribution in [0.5, 0.6) is 0 Å². The second-order valence-corrected chi connectivity index (χ2v) is 3.18. The molecule has 1 aromatic rings. The van der Waals surface area contributed by atoms with Gasteiger partial charge in [-0.1, -0.05) is 11.6 Å². The maximum atomic E-state index is 11.1. The summed E-state index contributed by atoms with van der Waals surface area (Å²) in [6.45, 7) is 0. The standard InChI is InChI=1S/C9H8Cl2O2/c1-13-9(12)7-2-6(5-10)3-8(11)4-7/h2-4H,5H2,1H3. The minimum atomic E-state index is -0.408. The van der Waals surface area contributed by atoms with Gasteiger partial charge in [0.25, 0.3) is 0 Å². The normalized spacial score (nSPS) is 9.77. The second kappa shape index (κ2) is 4.49. The number of hydrogen-bond donors (Lipinski definition) is 0. The predicted octanol–water partition coefficient (Wildman–Crippen LogP) is 2.87. The first-order valence-corrected chi connectivity index (χ1v) is 4.52. The van der Waals surface area contributed by atoms with Crippen LogP contribution in [0.15, 0.2) is 18.2 Å². The second-order valence-electron chi connectivity index (χ2n) is 2.47. The van der Waals surface area contributed by atoms with Gasteiger partial charge in [-0.25, -0.2) is 4.79 Å². The van der Waals surface area contributed by atoms with Crippen molar-refractivity contribution >= 4 is 29.2 Å². The van der Waals surface area contributed by atoms with Gasteiger partial charge in [-0.15, -0.1) is 11.6 Å². The summed E-state index contributed by atoms with van der Waals surface area (Å²) >= 11 is 11.4. The molecule has 0 fully saturated rings. The third kappa shape index (κ3) is 2.61. The molecule has 0 atom stereocenters. The number of esters is 1. The van der Waals surface area contributed by atoms with Crippen molar-refractivity contribution in [1.82, 2.24) is 0 Å². The van der Waals surface area contributed by atoms with Gasteiger partial charge in [0, 0.05) is 10.9 Å². The monoisotopic (exact) mass is 218 g/mol. The lowest BCUT2D eigenvalue weighted by atomic mass is 10.1. The molecular weight excluding hydrogens is 211 g/mol. The van der Waals surface area contributed by atoms with E-state index in [2.05, 4.69) is 4.74 Å². The first-order valence-electron chi connectivity index (χ1n) is 3.61. The lowest BCUT2D eigenvalue weighted by Crippen LogP contribution is -2.01. The molecule has 0 unspecified atom stereocenters. The van der Waals surface area contributed by atoms with Gasteiger partial charge in [0.05, 0.1) is 12.7 Å². The highest BCUT2D eigenvalue weighted by Gasteiger charge is 2.07. The molecule has 70 valence electrons. The van der Waals surface area contributed by atoms with Gasteiger partial charge < -0.3 is 4.74 Å². The average Bonchev–Trinajstić information content (AvgIpc) is 2.15. The zero-order valence-corrected chi connectivity index (χ0v) is 8.52. The first kappa shape index (κ1) is 10.4. The highest BCUT2D eigenvalue weighted by atomic mass is 35.5. The number of rotatable bonds is 2. The topological polar surface area (TPSA) is 26.3 Å². The van der Waals surface area contributed by atoms with E-state index in [9.17, 15) is 4.79 Å². The fourth-order valence-electron chi connectivity index (χ4n) is 0.963. The molecular formula is C9H8Cl2O2. The molecule has 13 heavy (non-hydrogen) atoms. The number of hydrogen-bond acceptors (Lipinski definition) is 2. The van der Waals surface area contributed by atoms with Crippen LogP contribution in [0.4, 0.5) is 0 Å². The van der Waals surface area contributed by atoms with Crippen molar-refractivity contribution in [2.24, 2.45) is 0 Å². The zero-order chi connectivity index (χ0) is 9.84. The van der Waals surface area contributed by atoms with Crippen LogP contribution in [-0.4, -0.2) is 13.1 Å². The van der Waals surface area contributed by atoms with Crippen LogP contribution in [0, 0.1) is 0 Å². The fourth-order valence-corrected chi connectivity index (χ4v) is 1.38. The molecule has 0 aliphatic heterocycles. The molecule has 0 aliphatic carbocycles. The Morgan fingerprint density at radius 1 is 1.46 bits per heavy atom. The van der Waals surface area contributed by atoms with Crippen molar-refractivity contribution in [3.05, 3.63) is 34.3 Å². The van der Waals surface area contributed by atoms with E-state index >= 15 is 0 Å². The molecule has 4 heteroatoms. The van der Waals surface area contributed by atoms with Crippen molar-refractivity contribution in [1.29, 1.82) is 0 Å². The largest absolute Gasteiger partial charge is 0.465 e. The zero-order valence-electron chi connectivity index (χ0n) is 7.01. The molecule has 1 aromatic carbocycles. The number of alkyl halides is 1. The van der Waals surface area contributed by atoms with Crippen LogP contribution in [0.1, 0.15) is 15.9 Å². The summed E-state index contributed by atoms with van der Waals surface area (Å²) in [6.07, 6.45) is 0. The summed E-state index contributed by atoms with van der Waals surface area (Å²) in [5.41, 5.74) is 1.22. The summed E-state index contributed by atoms with van der Waals surface area (Å²) < 4.78 is 4.55. The maximum Gasteiger partial charge on any atom is 0.337 e. The Labute approximate surface area is 86.4 Å². The van der Waals surface area contributed by atoms with Crippen molar-refractivity contribution in [2.45, 2.75) is 5.88 Å². The van der Waals surface area contributed by atoms with Crippen LogP contribution in [0.2, 0.25) is 5.02 Å². The molecule has 0 aliphatic rings. The Balaban J connectivity index is 3.08. The van der Waals surface area contributed by atoms with Crippen LogP contribution < -0.4 is 0 Å². The van der Waals surface area contributed by atoms with E-state index in [0.29, 0.717) is 16.5 Å². The average molecular weight is 219 g/mol. The quantitative estimate of drug-likeness (QED) is 0.564. The number of ether oxygens (including phenoxy) is 1. The third-order valence-corrected chi connectivity index (χ3v) is 2.06. The van der Waals surface area contributed by atoms with Gasteiger partial charge in [0.1, 0.15) is 0 Å². The van der Waals surface area contributed by atoms with Crippen LogP contribution >= 0.6 is 23.2 Å². The SMILES string of the molecule is COC(=O)c1cc(Cl)cc(CCl)c1. The molecule has 2 nitrogen and oxygen atoms in total. The molecule has 0 radical (unpaired) electrons. The number of carbonyl (C=O) groups excluding carboxylic acids is 1. The summed E-state index contributed by atoms with van der Waals surface area (Å²) in [5, 5.41) is 0.485. The summed E-state index contributed by atoms with van der Waals surface area (Å²) in [7, 11) is 1.32. The minimum Gasteiger partial charge on any atom is -0.465 e. The molecule has 0 bridgehead atoms. The van der Waals surface area contributed by atoms with Crippen molar-refractivity contribution < 1.29 is 9.53 Å². The van der Waals surface area contributed by atoms with Crippen LogP contribution in [0.3, 0.4) is 0 Å². The molecule has 0 aromatic heterocycles. The van der Waals surface area contributed by atoms with E-state index in [1.54, 1.807) is 18.2 Å². The summed E-state index contributed by atoms with van der Waals surface area (Å²) in [5.74, 6) is -0.0845. The fraction of sp³-hybridized carbons (Fsp3) is 0.222.